The number of carboxylic acid groups (broad SMARTS) is 1. The van der Waals surface area contributed by atoms with Crippen LogP contribution in [0, 0.1) is 13.8 Å². The highest BCUT2D eigenvalue weighted by Gasteiger charge is 2.19. The molecular formula is C16H23NO3S. The maximum atomic E-state index is 11.9. The summed E-state index contributed by atoms with van der Waals surface area (Å²) in [7, 11) is 0. The topological polar surface area (TPSA) is 66.4 Å². The minimum absolute atomic E-state index is 0.207. The Kier molecular flexibility index (Phi) is 7.29. The van der Waals surface area contributed by atoms with Crippen LogP contribution in [0.5, 0.6) is 0 Å². The van der Waals surface area contributed by atoms with E-state index in [-0.39, 0.29) is 5.91 Å². The lowest BCUT2D eigenvalue weighted by Gasteiger charge is -2.14. The van der Waals surface area contributed by atoms with Gasteiger partial charge in [0.2, 0.25) is 5.91 Å². The first-order valence-corrected chi connectivity index (χ1v) is 8.40. The van der Waals surface area contributed by atoms with Crippen LogP contribution in [0.4, 0.5) is 0 Å². The molecule has 0 unspecified atom stereocenters. The molecule has 5 heteroatoms. The number of carbonyl (C=O) groups excluding carboxylic acids is 1. The molecule has 0 bridgehead atoms. The molecule has 1 amide bonds. The SMILES string of the molecule is CSCC[C@H](NC(=O)CCc1ccc(C)c(C)c1)C(=O)O. The predicted molar refractivity (Wildman–Crippen MR) is 86.8 cm³/mol. The quantitative estimate of drug-likeness (QED) is 0.774. The minimum Gasteiger partial charge on any atom is -0.480 e. The van der Waals surface area contributed by atoms with E-state index in [4.69, 9.17) is 5.11 Å². The molecule has 4 nitrogen and oxygen atoms in total. The lowest BCUT2D eigenvalue weighted by molar-refractivity contribution is -0.141. The highest BCUT2D eigenvalue weighted by molar-refractivity contribution is 7.98. The van der Waals surface area contributed by atoms with Crippen LogP contribution < -0.4 is 5.32 Å². The second-order valence-electron chi connectivity index (χ2n) is 5.16. The standard InChI is InChI=1S/C16H23NO3S/c1-11-4-5-13(10-12(11)2)6-7-15(18)17-14(16(19)20)8-9-21-3/h4-5,10,14H,6-9H2,1-3H3,(H,17,18)(H,19,20)/t14-/m0/s1. The molecule has 1 aromatic rings. The zero-order valence-corrected chi connectivity index (χ0v) is 13.6. The summed E-state index contributed by atoms with van der Waals surface area (Å²) in [5.41, 5.74) is 3.53. The summed E-state index contributed by atoms with van der Waals surface area (Å²) in [4.78, 5) is 22.9. The summed E-state index contributed by atoms with van der Waals surface area (Å²) in [6.45, 7) is 4.09. The average molecular weight is 309 g/mol. The van der Waals surface area contributed by atoms with Gasteiger partial charge in [0.15, 0.2) is 0 Å². The third kappa shape index (κ3) is 6.21. The van der Waals surface area contributed by atoms with E-state index in [9.17, 15) is 9.59 Å². The van der Waals surface area contributed by atoms with Crippen molar-refractivity contribution < 1.29 is 14.7 Å². The summed E-state index contributed by atoms with van der Waals surface area (Å²) >= 11 is 1.57. The van der Waals surface area contributed by atoms with E-state index in [0.717, 1.165) is 5.56 Å². The molecule has 0 aromatic heterocycles. The third-order valence-electron chi connectivity index (χ3n) is 3.46. The fourth-order valence-corrected chi connectivity index (χ4v) is 2.45. The number of aryl methyl sites for hydroxylation is 3. The van der Waals surface area contributed by atoms with Crippen molar-refractivity contribution in [3.63, 3.8) is 0 Å². The van der Waals surface area contributed by atoms with Crippen molar-refractivity contribution in [2.24, 2.45) is 0 Å². The molecule has 0 fully saturated rings. The van der Waals surface area contributed by atoms with E-state index in [1.165, 1.54) is 11.1 Å². The molecule has 2 N–H and O–H groups in total. The molecule has 1 atom stereocenters. The molecule has 0 heterocycles. The van der Waals surface area contributed by atoms with Gasteiger partial charge in [-0.1, -0.05) is 18.2 Å². The lowest BCUT2D eigenvalue weighted by Crippen LogP contribution is -2.41. The van der Waals surface area contributed by atoms with Crippen LogP contribution >= 0.6 is 11.8 Å². The predicted octanol–water partition coefficient (Wildman–Crippen LogP) is 2.56. The highest BCUT2D eigenvalue weighted by Crippen LogP contribution is 2.11. The summed E-state index contributed by atoms with van der Waals surface area (Å²) in [6.07, 6.45) is 3.31. The van der Waals surface area contributed by atoms with E-state index >= 15 is 0 Å². The van der Waals surface area contributed by atoms with Crippen molar-refractivity contribution in [3.8, 4) is 0 Å². The molecule has 0 saturated carbocycles. The molecule has 0 aliphatic carbocycles. The normalized spacial score (nSPS) is 12.0. The van der Waals surface area contributed by atoms with Crippen LogP contribution in [0.25, 0.3) is 0 Å². The van der Waals surface area contributed by atoms with Gasteiger partial charge in [-0.15, -0.1) is 0 Å². The molecule has 0 aliphatic rings. The molecule has 0 spiro atoms. The Morgan fingerprint density at radius 2 is 2.00 bits per heavy atom. The van der Waals surface area contributed by atoms with E-state index in [1.807, 2.05) is 25.3 Å². The molecular weight excluding hydrogens is 286 g/mol. The lowest BCUT2D eigenvalue weighted by atomic mass is 10.0. The second-order valence-corrected chi connectivity index (χ2v) is 6.14. The van der Waals surface area contributed by atoms with Crippen LogP contribution in [0.1, 0.15) is 29.5 Å². The molecule has 21 heavy (non-hydrogen) atoms. The maximum absolute atomic E-state index is 11.9. The van der Waals surface area contributed by atoms with Gasteiger partial charge in [-0.05, 0) is 55.4 Å². The molecule has 0 saturated heterocycles. The maximum Gasteiger partial charge on any atom is 0.326 e. The van der Waals surface area contributed by atoms with Gasteiger partial charge in [-0.3, -0.25) is 4.79 Å². The van der Waals surface area contributed by atoms with Gasteiger partial charge in [0, 0.05) is 6.42 Å². The second kappa shape index (κ2) is 8.72. The van der Waals surface area contributed by atoms with Gasteiger partial charge in [-0.25, -0.2) is 4.79 Å². The van der Waals surface area contributed by atoms with Gasteiger partial charge in [-0.2, -0.15) is 11.8 Å². The monoisotopic (exact) mass is 309 g/mol. The third-order valence-corrected chi connectivity index (χ3v) is 4.10. The van der Waals surface area contributed by atoms with Crippen molar-refractivity contribution in [1.82, 2.24) is 5.32 Å². The average Bonchev–Trinajstić information content (AvgIpc) is 2.44. The van der Waals surface area contributed by atoms with Crippen molar-refractivity contribution in [2.45, 2.75) is 39.2 Å². The Morgan fingerprint density at radius 3 is 2.57 bits per heavy atom. The molecule has 1 aromatic carbocycles. The zero-order chi connectivity index (χ0) is 15.8. The molecule has 0 radical (unpaired) electrons. The van der Waals surface area contributed by atoms with Gasteiger partial charge in [0.1, 0.15) is 6.04 Å². The fourth-order valence-electron chi connectivity index (χ4n) is 1.98. The Balaban J connectivity index is 2.48. The molecule has 0 aliphatic heterocycles. The van der Waals surface area contributed by atoms with E-state index in [1.54, 1.807) is 11.8 Å². The smallest absolute Gasteiger partial charge is 0.326 e. The van der Waals surface area contributed by atoms with Crippen LogP contribution in [0.3, 0.4) is 0 Å². The first kappa shape index (κ1) is 17.6. The summed E-state index contributed by atoms with van der Waals surface area (Å²) in [5, 5.41) is 11.7. The van der Waals surface area contributed by atoms with Gasteiger partial charge in [0.05, 0.1) is 0 Å². The number of carbonyl (C=O) groups is 2. The summed E-state index contributed by atoms with van der Waals surface area (Å²) < 4.78 is 0. The number of rotatable bonds is 8. The van der Waals surface area contributed by atoms with Gasteiger partial charge in [0.25, 0.3) is 0 Å². The van der Waals surface area contributed by atoms with Crippen LogP contribution in [0.2, 0.25) is 0 Å². The molecule has 116 valence electrons. The molecule has 1 rings (SSSR count). The van der Waals surface area contributed by atoms with E-state index in [2.05, 4.69) is 18.3 Å². The van der Waals surface area contributed by atoms with Crippen molar-refractivity contribution in [3.05, 3.63) is 34.9 Å². The Bertz CT molecular complexity index is 502. The Labute approximate surface area is 130 Å². The number of thioether (sulfide) groups is 1. The van der Waals surface area contributed by atoms with Crippen LogP contribution in [-0.2, 0) is 16.0 Å². The van der Waals surface area contributed by atoms with Gasteiger partial charge < -0.3 is 10.4 Å². The number of amides is 1. The van der Waals surface area contributed by atoms with Crippen LogP contribution in [0.15, 0.2) is 18.2 Å². The largest absolute Gasteiger partial charge is 0.480 e. The number of hydrogen-bond acceptors (Lipinski definition) is 3. The highest BCUT2D eigenvalue weighted by atomic mass is 32.2. The Morgan fingerprint density at radius 1 is 1.29 bits per heavy atom. The summed E-state index contributed by atoms with van der Waals surface area (Å²) in [6, 6.07) is 5.34. The van der Waals surface area contributed by atoms with E-state index < -0.39 is 12.0 Å². The minimum atomic E-state index is -0.969. The first-order chi connectivity index (χ1) is 9.93. The number of hydrogen-bond donors (Lipinski definition) is 2. The first-order valence-electron chi connectivity index (χ1n) is 7.01. The Hall–Kier alpha value is -1.49. The van der Waals surface area contributed by atoms with Crippen molar-refractivity contribution in [1.29, 1.82) is 0 Å². The fraction of sp³-hybridized carbons (Fsp3) is 0.500. The van der Waals surface area contributed by atoms with E-state index in [0.29, 0.717) is 25.0 Å². The number of carboxylic acids is 1. The number of benzene rings is 1. The van der Waals surface area contributed by atoms with Crippen molar-refractivity contribution >= 4 is 23.6 Å². The number of aliphatic carboxylic acids is 1. The summed E-state index contributed by atoms with van der Waals surface area (Å²) in [5.74, 6) is -0.459. The van der Waals surface area contributed by atoms with Crippen LogP contribution in [-0.4, -0.2) is 35.0 Å². The van der Waals surface area contributed by atoms with Crippen molar-refractivity contribution in [2.75, 3.05) is 12.0 Å². The number of nitrogens with one attached hydrogen (secondary N) is 1. The van der Waals surface area contributed by atoms with Gasteiger partial charge >= 0.3 is 5.97 Å². The zero-order valence-electron chi connectivity index (χ0n) is 12.8.